The molecule has 9 heteroatoms. The summed E-state index contributed by atoms with van der Waals surface area (Å²) in [5, 5.41) is 16.7. The number of amides is 2. The average Bonchev–Trinajstić information content (AvgIpc) is 3.00. The highest BCUT2D eigenvalue weighted by Gasteiger charge is 2.41. The second-order valence-corrected chi connectivity index (χ2v) is 9.71. The van der Waals surface area contributed by atoms with Gasteiger partial charge in [-0.3, -0.25) is 14.5 Å². The van der Waals surface area contributed by atoms with Crippen LogP contribution in [0.2, 0.25) is 0 Å². The molecular weight excluding hydrogens is 436 g/mol. The molecule has 0 spiro atoms. The molecule has 4 atom stereocenters. The van der Waals surface area contributed by atoms with Crippen LogP contribution in [0.1, 0.15) is 52.5 Å². The summed E-state index contributed by atoms with van der Waals surface area (Å²) < 4.78 is 7.15. The van der Waals surface area contributed by atoms with Gasteiger partial charge in [-0.1, -0.05) is 18.2 Å². The third-order valence-corrected chi connectivity index (χ3v) is 6.85. The van der Waals surface area contributed by atoms with Crippen LogP contribution in [0.15, 0.2) is 35.1 Å². The summed E-state index contributed by atoms with van der Waals surface area (Å²) >= 11 is 0. The molecule has 184 valence electrons. The lowest BCUT2D eigenvalue weighted by atomic mass is 9.97. The monoisotopic (exact) mass is 470 g/mol. The van der Waals surface area contributed by atoms with E-state index in [4.69, 9.17) is 4.74 Å². The standard InChI is InChI=1S/C25H34N4O5/c1-15(2)29-22-7-5-4-6-17(22)10-23(24(29)32)34-25(33)27-18-11-19-8-9-20(12-18)28(19)14-21(31)13-26-16(3)30/h4-7,10,15,18-21,31H,8-9,11-14H2,1-3H3,(H,26,30)(H,27,33)/t18-,19-,20+,21?. The van der Waals surface area contributed by atoms with Gasteiger partial charge in [-0.25, -0.2) is 4.79 Å². The van der Waals surface area contributed by atoms with Crippen molar-refractivity contribution in [1.29, 1.82) is 0 Å². The number of piperidine rings is 1. The van der Waals surface area contributed by atoms with E-state index >= 15 is 0 Å². The van der Waals surface area contributed by atoms with Crippen molar-refractivity contribution in [3.8, 4) is 5.75 Å². The van der Waals surface area contributed by atoms with Crippen molar-refractivity contribution in [3.63, 3.8) is 0 Å². The van der Waals surface area contributed by atoms with E-state index in [2.05, 4.69) is 15.5 Å². The molecule has 34 heavy (non-hydrogen) atoms. The van der Waals surface area contributed by atoms with Gasteiger partial charge in [0.15, 0.2) is 5.75 Å². The maximum absolute atomic E-state index is 13.0. The van der Waals surface area contributed by atoms with Gasteiger partial charge >= 0.3 is 6.09 Å². The molecule has 1 aromatic carbocycles. The predicted octanol–water partition coefficient (Wildman–Crippen LogP) is 2.16. The Morgan fingerprint density at radius 3 is 2.50 bits per heavy atom. The van der Waals surface area contributed by atoms with E-state index in [0.29, 0.717) is 6.54 Å². The first-order chi connectivity index (χ1) is 16.2. The van der Waals surface area contributed by atoms with Crippen LogP contribution in [0, 0.1) is 0 Å². The van der Waals surface area contributed by atoms with E-state index in [0.717, 1.165) is 36.6 Å². The molecule has 0 radical (unpaired) electrons. The predicted molar refractivity (Wildman–Crippen MR) is 129 cm³/mol. The van der Waals surface area contributed by atoms with Crippen LogP contribution in [-0.4, -0.2) is 63.9 Å². The molecule has 0 aliphatic carbocycles. The van der Waals surface area contributed by atoms with Gasteiger partial charge in [-0.15, -0.1) is 0 Å². The SMILES string of the molecule is CC(=O)NCC(O)CN1[C@@H]2CC[C@H]1C[C@H](NC(=O)Oc1cc3ccccc3n(C(C)C)c1=O)C2. The summed E-state index contributed by atoms with van der Waals surface area (Å²) in [5.74, 6) is -0.138. The minimum atomic E-state index is -0.627. The van der Waals surface area contributed by atoms with E-state index in [-0.39, 0.29) is 47.9 Å². The second-order valence-electron chi connectivity index (χ2n) is 9.71. The van der Waals surface area contributed by atoms with Gasteiger partial charge in [-0.05, 0) is 51.7 Å². The second kappa shape index (κ2) is 10.1. The lowest BCUT2D eigenvalue weighted by molar-refractivity contribution is -0.119. The fourth-order valence-electron chi connectivity index (χ4n) is 5.40. The number of ether oxygens (including phenoxy) is 1. The minimum absolute atomic E-state index is 0.0198. The molecule has 2 aromatic rings. The summed E-state index contributed by atoms with van der Waals surface area (Å²) in [7, 11) is 0. The van der Waals surface area contributed by atoms with Crippen molar-refractivity contribution >= 4 is 22.9 Å². The number of hydrogen-bond acceptors (Lipinski definition) is 6. The Labute approximate surface area is 199 Å². The van der Waals surface area contributed by atoms with Crippen LogP contribution in [0.4, 0.5) is 4.79 Å². The number of para-hydroxylation sites is 1. The number of carbonyl (C=O) groups excluding carboxylic acids is 2. The van der Waals surface area contributed by atoms with E-state index in [1.54, 1.807) is 10.6 Å². The average molecular weight is 471 g/mol. The molecule has 1 aromatic heterocycles. The highest BCUT2D eigenvalue weighted by Crippen LogP contribution is 2.35. The first kappa shape index (κ1) is 24.2. The highest BCUT2D eigenvalue weighted by molar-refractivity contribution is 5.81. The topological polar surface area (TPSA) is 113 Å². The van der Waals surface area contributed by atoms with Crippen LogP contribution in [0.25, 0.3) is 10.9 Å². The molecule has 3 heterocycles. The van der Waals surface area contributed by atoms with Crippen molar-refractivity contribution in [2.24, 2.45) is 0 Å². The van der Waals surface area contributed by atoms with E-state index in [1.807, 2.05) is 38.1 Å². The van der Waals surface area contributed by atoms with Gasteiger partial charge in [0, 0.05) is 49.6 Å². The van der Waals surface area contributed by atoms with Crippen LogP contribution in [0.5, 0.6) is 5.75 Å². The van der Waals surface area contributed by atoms with Crippen LogP contribution < -0.4 is 20.9 Å². The number of aliphatic hydroxyl groups excluding tert-OH is 1. The Kier molecular flexibility index (Phi) is 7.23. The number of benzene rings is 1. The molecule has 3 N–H and O–H groups in total. The minimum Gasteiger partial charge on any atom is -0.404 e. The Morgan fingerprint density at radius 2 is 1.85 bits per heavy atom. The number of pyridine rings is 1. The van der Waals surface area contributed by atoms with Gasteiger partial charge in [0.25, 0.3) is 5.56 Å². The molecule has 2 fully saturated rings. The number of aromatic nitrogens is 1. The Hall–Kier alpha value is -2.91. The molecule has 1 unspecified atom stereocenters. The number of aliphatic hydroxyl groups is 1. The molecule has 9 nitrogen and oxygen atoms in total. The number of nitrogens with zero attached hydrogens (tertiary/aromatic N) is 2. The maximum Gasteiger partial charge on any atom is 0.413 e. The summed E-state index contributed by atoms with van der Waals surface area (Å²) in [6, 6.07) is 9.56. The van der Waals surface area contributed by atoms with E-state index in [9.17, 15) is 19.5 Å². The molecule has 2 amide bonds. The molecule has 0 saturated carbocycles. The van der Waals surface area contributed by atoms with Crippen LogP contribution >= 0.6 is 0 Å². The summed E-state index contributed by atoms with van der Waals surface area (Å²) in [6.45, 7) is 6.02. The largest absolute Gasteiger partial charge is 0.413 e. The summed E-state index contributed by atoms with van der Waals surface area (Å²) in [6.07, 6.45) is 2.28. The quantitative estimate of drug-likeness (QED) is 0.572. The van der Waals surface area contributed by atoms with E-state index < -0.39 is 12.2 Å². The number of nitrogens with one attached hydrogen (secondary N) is 2. The molecule has 2 aliphatic heterocycles. The van der Waals surface area contributed by atoms with Gasteiger partial charge < -0.3 is 25.0 Å². The Balaban J connectivity index is 1.39. The first-order valence-electron chi connectivity index (χ1n) is 12.0. The Morgan fingerprint density at radius 1 is 1.18 bits per heavy atom. The fourth-order valence-corrected chi connectivity index (χ4v) is 5.40. The molecular formula is C25H34N4O5. The third kappa shape index (κ3) is 5.26. The van der Waals surface area contributed by atoms with Crippen molar-refractivity contribution in [2.75, 3.05) is 13.1 Å². The molecule has 2 bridgehead atoms. The first-order valence-corrected chi connectivity index (χ1v) is 12.0. The van der Waals surface area contributed by atoms with Gasteiger partial charge in [0.2, 0.25) is 5.91 Å². The van der Waals surface area contributed by atoms with Crippen molar-refractivity contribution in [3.05, 3.63) is 40.7 Å². The smallest absolute Gasteiger partial charge is 0.404 e. The lowest BCUT2D eigenvalue weighted by Gasteiger charge is -2.39. The van der Waals surface area contributed by atoms with Crippen LogP contribution in [0.3, 0.4) is 0 Å². The Bertz CT molecular complexity index is 1100. The zero-order chi connectivity index (χ0) is 24.4. The van der Waals surface area contributed by atoms with Gasteiger partial charge in [0.05, 0.1) is 11.6 Å². The number of fused-ring (bicyclic) bond motifs is 3. The van der Waals surface area contributed by atoms with Gasteiger partial charge in [-0.2, -0.15) is 0 Å². The summed E-state index contributed by atoms with van der Waals surface area (Å²) in [5.41, 5.74) is 0.479. The fraction of sp³-hybridized carbons (Fsp3) is 0.560. The van der Waals surface area contributed by atoms with E-state index in [1.165, 1.54) is 6.92 Å². The molecule has 2 saturated heterocycles. The van der Waals surface area contributed by atoms with Crippen molar-refractivity contribution < 1.29 is 19.4 Å². The van der Waals surface area contributed by atoms with Crippen molar-refractivity contribution in [1.82, 2.24) is 20.1 Å². The number of hydrogen-bond donors (Lipinski definition) is 3. The van der Waals surface area contributed by atoms with Crippen LogP contribution in [-0.2, 0) is 4.79 Å². The number of carbonyl (C=O) groups is 2. The summed E-state index contributed by atoms with van der Waals surface area (Å²) in [4.78, 5) is 39.1. The maximum atomic E-state index is 13.0. The van der Waals surface area contributed by atoms with Gasteiger partial charge in [0.1, 0.15) is 0 Å². The molecule has 4 rings (SSSR count). The normalized spacial score (nSPS) is 23.1. The molecule has 2 aliphatic rings. The third-order valence-electron chi connectivity index (χ3n) is 6.85. The highest BCUT2D eigenvalue weighted by atomic mass is 16.6. The van der Waals surface area contributed by atoms with Crippen molar-refractivity contribution in [2.45, 2.75) is 76.7 Å². The zero-order valence-corrected chi connectivity index (χ0v) is 20.0. The lowest BCUT2D eigenvalue weighted by Crippen LogP contribution is -2.53. The zero-order valence-electron chi connectivity index (χ0n) is 20.0. The number of rotatable bonds is 7.